The molecule has 16 heavy (non-hydrogen) atoms. The minimum atomic E-state index is -2.52. The molecule has 0 aromatic carbocycles. The quantitative estimate of drug-likeness (QED) is 0.245. The summed E-state index contributed by atoms with van der Waals surface area (Å²) in [6.45, 7) is 0.922. The average Bonchev–Trinajstić information content (AvgIpc) is 2.58. The highest BCUT2D eigenvalue weighted by atomic mass is 35.8. The van der Waals surface area contributed by atoms with E-state index in [4.69, 9.17) is 44.4 Å². The summed E-state index contributed by atoms with van der Waals surface area (Å²) in [4.78, 5) is 0. The zero-order valence-electron chi connectivity index (χ0n) is 9.02. The molecule has 1 saturated carbocycles. The lowest BCUT2D eigenvalue weighted by molar-refractivity contribution is 0.198. The Morgan fingerprint density at radius 2 is 2.25 bits per heavy atom. The normalized spacial score (nSPS) is 23.6. The monoisotopic (exact) mass is 296 g/mol. The van der Waals surface area contributed by atoms with Crippen molar-refractivity contribution in [1.82, 2.24) is 0 Å². The Morgan fingerprint density at radius 1 is 1.50 bits per heavy atom. The summed E-state index contributed by atoms with van der Waals surface area (Å²) in [6, 6.07) is -1.79. The number of hydrogen-bond acceptors (Lipinski definition) is 1. The lowest BCUT2D eigenvalue weighted by Crippen LogP contribution is -2.15. The molecule has 1 nitrogen and oxygen atoms in total. The third-order valence-electron chi connectivity index (χ3n) is 2.67. The van der Waals surface area contributed by atoms with Crippen LogP contribution in [-0.4, -0.2) is 19.2 Å². The molecule has 5 heteroatoms. The smallest absolute Gasteiger partial charge is 0.342 e. The Kier molecular flexibility index (Phi) is 6.24. The third-order valence-corrected chi connectivity index (χ3v) is 5.01. The molecule has 0 aromatic heterocycles. The molecule has 1 atom stereocenters. The van der Waals surface area contributed by atoms with E-state index in [1.54, 1.807) is 0 Å². The van der Waals surface area contributed by atoms with Crippen LogP contribution in [0.25, 0.3) is 0 Å². The largest absolute Gasteiger partial charge is 0.365 e. The summed E-state index contributed by atoms with van der Waals surface area (Å²) >= 11 is 17.8. The molecule has 0 N–H and O–H groups in total. The van der Waals surface area contributed by atoms with Gasteiger partial charge in [-0.3, -0.25) is 0 Å². The van der Waals surface area contributed by atoms with E-state index in [9.17, 15) is 0 Å². The Labute approximate surface area is 112 Å². The molecule has 0 aromatic rings. The van der Waals surface area contributed by atoms with Gasteiger partial charge in [-0.15, -0.1) is 39.7 Å². The lowest BCUT2D eigenvalue weighted by atomic mass is 10.1. The number of hydrogen-bond donors (Lipinski definition) is 0. The molecule has 1 aliphatic rings. The third kappa shape index (κ3) is 5.61. The fourth-order valence-electron chi connectivity index (χ4n) is 2.01. The number of terminal acetylenes is 1. The highest BCUT2D eigenvalue weighted by Gasteiger charge is 2.33. The van der Waals surface area contributed by atoms with Gasteiger partial charge in [-0.1, -0.05) is 17.6 Å². The highest BCUT2D eigenvalue weighted by Crippen LogP contribution is 2.40. The number of allylic oxidation sites excluding steroid dienone is 1. The maximum Gasteiger partial charge on any atom is 0.342 e. The Hall–Kier alpha value is 0.347. The number of rotatable bonds is 5. The summed E-state index contributed by atoms with van der Waals surface area (Å²) < 4.78 is 5.22. The Balaban J connectivity index is 2.43. The van der Waals surface area contributed by atoms with Crippen LogP contribution in [0.3, 0.4) is 0 Å². The van der Waals surface area contributed by atoms with Crippen molar-refractivity contribution in [2.45, 2.75) is 25.3 Å². The van der Waals surface area contributed by atoms with Gasteiger partial charge in [0, 0.05) is 0 Å². The number of ether oxygens (including phenoxy) is 1. The molecular weight excluding hydrogens is 283 g/mol. The zero-order valence-corrected chi connectivity index (χ0v) is 12.3. The Bertz CT molecular complexity index is 291. The molecule has 90 valence electrons. The van der Waals surface area contributed by atoms with Gasteiger partial charge in [0.25, 0.3) is 0 Å². The molecule has 0 bridgehead atoms. The van der Waals surface area contributed by atoms with Crippen molar-refractivity contribution in [1.29, 1.82) is 0 Å². The summed E-state index contributed by atoms with van der Waals surface area (Å²) in [5.41, 5.74) is 1.37. The second kappa shape index (κ2) is 6.93. The van der Waals surface area contributed by atoms with Crippen molar-refractivity contribution < 1.29 is 4.74 Å². The number of halogens is 3. The molecule has 0 heterocycles. The van der Waals surface area contributed by atoms with Gasteiger partial charge >= 0.3 is 6.00 Å². The summed E-state index contributed by atoms with van der Waals surface area (Å²) in [7, 11) is 0. The standard InChI is InChI=1S/C11H15Cl3OSi/c1-2-7-15-8-6-10-4-3-5-11(10)9-16(12,13)14/h1,6,11H,3-5,7-9H2/b10-6+. The fourth-order valence-corrected chi connectivity index (χ4v) is 4.71. The summed E-state index contributed by atoms with van der Waals surface area (Å²) in [5.74, 6) is 2.87. The zero-order chi connectivity index (χ0) is 12.0. The molecule has 0 amide bonds. The van der Waals surface area contributed by atoms with Crippen molar-refractivity contribution in [2.75, 3.05) is 13.2 Å². The van der Waals surface area contributed by atoms with Crippen LogP contribution < -0.4 is 0 Å². The van der Waals surface area contributed by atoms with Crippen LogP contribution in [0.5, 0.6) is 0 Å². The van der Waals surface area contributed by atoms with Gasteiger partial charge in [-0.25, -0.2) is 0 Å². The van der Waals surface area contributed by atoms with Gasteiger partial charge in [0.1, 0.15) is 6.61 Å². The molecule has 1 aliphatic carbocycles. The predicted octanol–water partition coefficient (Wildman–Crippen LogP) is 4.02. The van der Waals surface area contributed by atoms with E-state index in [2.05, 4.69) is 12.0 Å². The van der Waals surface area contributed by atoms with Gasteiger partial charge in [0.2, 0.25) is 0 Å². The van der Waals surface area contributed by atoms with Crippen LogP contribution in [-0.2, 0) is 4.74 Å². The van der Waals surface area contributed by atoms with Crippen LogP contribution in [0.2, 0.25) is 6.04 Å². The average molecular weight is 298 g/mol. The topological polar surface area (TPSA) is 9.23 Å². The van der Waals surface area contributed by atoms with E-state index in [1.807, 2.05) is 0 Å². The molecule has 0 spiro atoms. The van der Waals surface area contributed by atoms with Crippen molar-refractivity contribution in [3.05, 3.63) is 11.6 Å². The minimum absolute atomic E-state index is 0.355. The van der Waals surface area contributed by atoms with Crippen LogP contribution in [0.4, 0.5) is 0 Å². The van der Waals surface area contributed by atoms with E-state index < -0.39 is 6.00 Å². The maximum absolute atomic E-state index is 5.95. The second-order valence-corrected chi connectivity index (χ2v) is 13.1. The van der Waals surface area contributed by atoms with Crippen molar-refractivity contribution >= 4 is 39.2 Å². The predicted molar refractivity (Wildman–Crippen MR) is 73.2 cm³/mol. The van der Waals surface area contributed by atoms with E-state index in [0.29, 0.717) is 19.1 Å². The minimum Gasteiger partial charge on any atom is -0.365 e. The van der Waals surface area contributed by atoms with Gasteiger partial charge < -0.3 is 4.74 Å². The molecular formula is C11H15Cl3OSi. The maximum atomic E-state index is 5.95. The van der Waals surface area contributed by atoms with E-state index in [0.717, 1.165) is 18.9 Å². The second-order valence-electron chi connectivity index (χ2n) is 3.91. The van der Waals surface area contributed by atoms with Crippen molar-refractivity contribution in [2.24, 2.45) is 5.92 Å². The molecule has 0 saturated heterocycles. The van der Waals surface area contributed by atoms with Crippen molar-refractivity contribution in [3.63, 3.8) is 0 Å². The van der Waals surface area contributed by atoms with Crippen LogP contribution in [0, 0.1) is 18.3 Å². The van der Waals surface area contributed by atoms with Crippen LogP contribution in [0.15, 0.2) is 11.6 Å². The van der Waals surface area contributed by atoms with Gasteiger partial charge in [0.15, 0.2) is 0 Å². The molecule has 1 rings (SSSR count). The molecule has 1 unspecified atom stereocenters. The van der Waals surface area contributed by atoms with Gasteiger partial charge in [0.05, 0.1) is 6.61 Å². The lowest BCUT2D eigenvalue weighted by Gasteiger charge is -2.16. The fraction of sp³-hybridized carbons (Fsp3) is 0.636. The molecule has 0 aliphatic heterocycles. The van der Waals surface area contributed by atoms with Crippen LogP contribution in [0.1, 0.15) is 19.3 Å². The molecule has 1 fully saturated rings. The summed E-state index contributed by atoms with van der Waals surface area (Å²) in [5, 5.41) is 0. The van der Waals surface area contributed by atoms with E-state index in [-0.39, 0.29) is 0 Å². The van der Waals surface area contributed by atoms with E-state index >= 15 is 0 Å². The highest BCUT2D eigenvalue weighted by molar-refractivity contribution is 7.64. The van der Waals surface area contributed by atoms with Crippen LogP contribution >= 0.6 is 33.2 Å². The Morgan fingerprint density at radius 3 is 2.88 bits per heavy atom. The first-order chi connectivity index (χ1) is 7.53. The summed E-state index contributed by atoms with van der Waals surface area (Å²) in [6.07, 6.45) is 10.6. The molecule has 0 radical (unpaired) electrons. The van der Waals surface area contributed by atoms with E-state index in [1.165, 1.54) is 12.0 Å². The first kappa shape index (κ1) is 14.4. The first-order valence-electron chi connectivity index (χ1n) is 5.30. The van der Waals surface area contributed by atoms with Gasteiger partial charge in [-0.2, -0.15) is 0 Å². The SMILES string of the molecule is C#CCOC/C=C1\CCCC1C[Si](Cl)(Cl)Cl. The van der Waals surface area contributed by atoms with Gasteiger partial charge in [-0.05, 0) is 31.2 Å². The first-order valence-corrected chi connectivity index (χ1v) is 10.5. The van der Waals surface area contributed by atoms with Crippen molar-refractivity contribution in [3.8, 4) is 12.3 Å².